The van der Waals surface area contributed by atoms with Gasteiger partial charge in [0, 0.05) is 24.3 Å². The first-order valence-corrected chi connectivity index (χ1v) is 5.99. The second-order valence-corrected chi connectivity index (χ2v) is 4.35. The van der Waals surface area contributed by atoms with E-state index in [4.69, 9.17) is 4.74 Å². The molecule has 0 saturated heterocycles. The topological polar surface area (TPSA) is 84.8 Å². The van der Waals surface area contributed by atoms with E-state index in [1.165, 1.54) is 11.8 Å². The Morgan fingerprint density at radius 2 is 2.30 bits per heavy atom. The third-order valence-electron chi connectivity index (χ3n) is 2.93. The van der Waals surface area contributed by atoms with Crippen LogP contribution in [0.25, 0.3) is 10.9 Å². The van der Waals surface area contributed by atoms with Gasteiger partial charge in [0.2, 0.25) is 5.88 Å². The van der Waals surface area contributed by atoms with Crippen molar-refractivity contribution >= 4 is 22.5 Å². The van der Waals surface area contributed by atoms with E-state index in [9.17, 15) is 4.79 Å². The molecule has 7 nitrogen and oxygen atoms in total. The number of fused-ring (bicyclic) bond motifs is 1. The Labute approximate surface area is 114 Å². The van der Waals surface area contributed by atoms with Crippen molar-refractivity contribution in [3.8, 4) is 5.88 Å². The molecule has 0 atom stereocenters. The average Bonchev–Trinajstić information content (AvgIpc) is 3.03. The van der Waals surface area contributed by atoms with Gasteiger partial charge in [-0.2, -0.15) is 5.10 Å². The molecule has 7 heteroatoms. The van der Waals surface area contributed by atoms with Crippen LogP contribution in [0.4, 0.5) is 5.69 Å². The summed E-state index contributed by atoms with van der Waals surface area (Å²) in [5.74, 6) is 0.0291. The SMILES string of the molecule is COc1nn(C)cc1C(=O)Nc1ccc2cn[nH]c2c1. The number of rotatable bonds is 3. The highest BCUT2D eigenvalue weighted by Gasteiger charge is 2.16. The normalized spacial score (nSPS) is 10.7. The van der Waals surface area contributed by atoms with Crippen LogP contribution in [0.5, 0.6) is 5.88 Å². The van der Waals surface area contributed by atoms with Crippen LogP contribution in [-0.4, -0.2) is 33.0 Å². The molecule has 0 aliphatic rings. The molecule has 1 amide bonds. The van der Waals surface area contributed by atoms with E-state index < -0.39 is 0 Å². The minimum Gasteiger partial charge on any atom is -0.479 e. The number of H-pyrrole nitrogens is 1. The van der Waals surface area contributed by atoms with Crippen LogP contribution in [-0.2, 0) is 7.05 Å². The van der Waals surface area contributed by atoms with Crippen molar-refractivity contribution in [1.82, 2.24) is 20.0 Å². The number of methoxy groups -OCH3 is 1. The summed E-state index contributed by atoms with van der Waals surface area (Å²) in [5.41, 5.74) is 1.93. The maximum Gasteiger partial charge on any atom is 0.262 e. The van der Waals surface area contributed by atoms with Crippen LogP contribution in [0.1, 0.15) is 10.4 Å². The Morgan fingerprint density at radius 1 is 1.45 bits per heavy atom. The van der Waals surface area contributed by atoms with E-state index >= 15 is 0 Å². The predicted molar refractivity (Wildman–Crippen MR) is 73.8 cm³/mol. The first kappa shape index (κ1) is 12.2. The van der Waals surface area contributed by atoms with E-state index in [0.29, 0.717) is 17.1 Å². The summed E-state index contributed by atoms with van der Waals surface area (Å²) in [6, 6.07) is 5.52. The Morgan fingerprint density at radius 3 is 3.10 bits per heavy atom. The smallest absolute Gasteiger partial charge is 0.262 e. The monoisotopic (exact) mass is 271 g/mol. The summed E-state index contributed by atoms with van der Waals surface area (Å²) in [4.78, 5) is 12.2. The second-order valence-electron chi connectivity index (χ2n) is 4.35. The summed E-state index contributed by atoms with van der Waals surface area (Å²) in [6.07, 6.45) is 3.34. The molecular weight excluding hydrogens is 258 g/mol. The fourth-order valence-corrected chi connectivity index (χ4v) is 1.99. The number of benzene rings is 1. The zero-order valence-electron chi connectivity index (χ0n) is 11.0. The highest BCUT2D eigenvalue weighted by Crippen LogP contribution is 2.20. The van der Waals surface area contributed by atoms with Crippen molar-refractivity contribution in [2.45, 2.75) is 0 Å². The Bertz CT molecular complexity index is 774. The van der Waals surface area contributed by atoms with Crippen molar-refractivity contribution in [1.29, 1.82) is 0 Å². The molecule has 2 N–H and O–H groups in total. The fraction of sp³-hybridized carbons (Fsp3) is 0.154. The third kappa shape index (κ3) is 2.09. The van der Waals surface area contributed by atoms with Crippen LogP contribution in [0.15, 0.2) is 30.6 Å². The lowest BCUT2D eigenvalue weighted by Gasteiger charge is -2.04. The number of nitrogens with one attached hydrogen (secondary N) is 2. The van der Waals surface area contributed by atoms with Gasteiger partial charge in [-0.3, -0.25) is 14.6 Å². The van der Waals surface area contributed by atoms with Crippen molar-refractivity contribution < 1.29 is 9.53 Å². The fourth-order valence-electron chi connectivity index (χ4n) is 1.99. The number of carbonyl (C=O) groups is 1. The lowest BCUT2D eigenvalue weighted by molar-refractivity contribution is 0.102. The van der Waals surface area contributed by atoms with Crippen LogP contribution in [0.2, 0.25) is 0 Å². The van der Waals surface area contributed by atoms with Gasteiger partial charge >= 0.3 is 0 Å². The van der Waals surface area contributed by atoms with Crippen LogP contribution >= 0.6 is 0 Å². The standard InChI is InChI=1S/C13H13N5O2/c1-18-7-10(13(17-18)20-2)12(19)15-9-4-3-8-6-14-16-11(8)5-9/h3-7H,1-2H3,(H,14,16)(H,15,19). The molecule has 1 aromatic carbocycles. The summed E-state index contributed by atoms with van der Waals surface area (Å²) in [6.45, 7) is 0. The molecule has 0 radical (unpaired) electrons. The Hall–Kier alpha value is -2.83. The average molecular weight is 271 g/mol. The van der Waals surface area contributed by atoms with Crippen LogP contribution < -0.4 is 10.1 Å². The van der Waals surface area contributed by atoms with Gasteiger partial charge in [0.05, 0.1) is 18.8 Å². The number of hydrogen-bond donors (Lipinski definition) is 2. The summed E-state index contributed by atoms with van der Waals surface area (Å²) >= 11 is 0. The summed E-state index contributed by atoms with van der Waals surface area (Å²) in [7, 11) is 3.21. The molecule has 20 heavy (non-hydrogen) atoms. The van der Waals surface area contributed by atoms with E-state index in [0.717, 1.165) is 10.9 Å². The number of aromatic amines is 1. The van der Waals surface area contributed by atoms with Gasteiger partial charge < -0.3 is 10.1 Å². The Balaban J connectivity index is 1.87. The molecule has 0 aliphatic heterocycles. The van der Waals surface area contributed by atoms with E-state index in [1.807, 2.05) is 18.2 Å². The molecular formula is C13H13N5O2. The summed E-state index contributed by atoms with van der Waals surface area (Å²) < 4.78 is 6.61. The molecule has 2 heterocycles. The maximum atomic E-state index is 12.2. The van der Waals surface area contributed by atoms with E-state index in [-0.39, 0.29) is 5.91 Å². The quantitative estimate of drug-likeness (QED) is 0.757. The zero-order valence-corrected chi connectivity index (χ0v) is 11.0. The number of hydrogen-bond acceptors (Lipinski definition) is 4. The van der Waals surface area contributed by atoms with Gasteiger partial charge in [0.25, 0.3) is 5.91 Å². The molecule has 0 fully saturated rings. The number of aromatic nitrogens is 4. The van der Waals surface area contributed by atoms with Crippen molar-refractivity contribution in [2.24, 2.45) is 7.05 Å². The van der Waals surface area contributed by atoms with Gasteiger partial charge in [0.15, 0.2) is 0 Å². The second kappa shape index (κ2) is 4.69. The number of aryl methyl sites for hydroxylation is 1. The number of nitrogens with zero attached hydrogens (tertiary/aromatic N) is 3. The molecule has 0 unspecified atom stereocenters. The molecule has 0 saturated carbocycles. The van der Waals surface area contributed by atoms with Gasteiger partial charge in [-0.05, 0) is 18.2 Å². The molecule has 3 rings (SSSR count). The number of anilines is 1. The highest BCUT2D eigenvalue weighted by molar-refractivity contribution is 6.06. The molecule has 102 valence electrons. The minimum atomic E-state index is -0.270. The molecule has 0 spiro atoms. The molecule has 3 aromatic rings. The first-order chi connectivity index (χ1) is 9.67. The summed E-state index contributed by atoms with van der Waals surface area (Å²) in [5, 5.41) is 14.6. The molecule has 0 aliphatic carbocycles. The van der Waals surface area contributed by atoms with Crippen LogP contribution in [0.3, 0.4) is 0 Å². The largest absolute Gasteiger partial charge is 0.479 e. The number of carbonyl (C=O) groups excluding carboxylic acids is 1. The van der Waals surface area contributed by atoms with Gasteiger partial charge in [-0.25, -0.2) is 0 Å². The van der Waals surface area contributed by atoms with Crippen molar-refractivity contribution in [3.63, 3.8) is 0 Å². The predicted octanol–water partition coefficient (Wildman–Crippen LogP) is 1.56. The lowest BCUT2D eigenvalue weighted by atomic mass is 10.2. The van der Waals surface area contributed by atoms with Gasteiger partial charge in [0.1, 0.15) is 5.56 Å². The first-order valence-electron chi connectivity index (χ1n) is 5.99. The van der Waals surface area contributed by atoms with Crippen molar-refractivity contribution in [3.05, 3.63) is 36.2 Å². The number of ether oxygens (including phenoxy) is 1. The molecule has 0 bridgehead atoms. The van der Waals surface area contributed by atoms with E-state index in [2.05, 4.69) is 20.6 Å². The van der Waals surface area contributed by atoms with Gasteiger partial charge in [-0.1, -0.05) is 0 Å². The zero-order chi connectivity index (χ0) is 14.1. The maximum absolute atomic E-state index is 12.2. The lowest BCUT2D eigenvalue weighted by Crippen LogP contribution is -2.12. The van der Waals surface area contributed by atoms with Crippen molar-refractivity contribution in [2.75, 3.05) is 12.4 Å². The highest BCUT2D eigenvalue weighted by atomic mass is 16.5. The third-order valence-corrected chi connectivity index (χ3v) is 2.93. The van der Waals surface area contributed by atoms with Crippen LogP contribution in [0, 0.1) is 0 Å². The number of amides is 1. The Kier molecular flexibility index (Phi) is 2.86. The minimum absolute atomic E-state index is 0.270. The van der Waals surface area contributed by atoms with E-state index in [1.54, 1.807) is 19.4 Å². The molecule has 2 aromatic heterocycles. The van der Waals surface area contributed by atoms with Gasteiger partial charge in [-0.15, -0.1) is 5.10 Å².